The first-order valence-electron chi connectivity index (χ1n) is 5.66. The van der Waals surface area contributed by atoms with E-state index in [9.17, 15) is 10.0 Å². The van der Waals surface area contributed by atoms with Crippen molar-refractivity contribution in [1.29, 1.82) is 0 Å². The Labute approximate surface area is 99.9 Å². The van der Waals surface area contributed by atoms with E-state index in [1.165, 1.54) is 5.06 Å². The van der Waals surface area contributed by atoms with E-state index in [2.05, 4.69) is 14.6 Å². The Hall–Kier alpha value is -0.180. The van der Waals surface area contributed by atoms with E-state index >= 15 is 0 Å². The summed E-state index contributed by atoms with van der Waals surface area (Å²) in [5.74, 6) is 0.0287. The second-order valence-corrected chi connectivity index (χ2v) is 6.20. The molecule has 1 unspecified atom stereocenters. The lowest BCUT2D eigenvalue weighted by Crippen LogP contribution is -2.62. The van der Waals surface area contributed by atoms with Gasteiger partial charge in [0, 0.05) is 23.3 Å². The summed E-state index contributed by atoms with van der Waals surface area (Å²) in [5.41, 5.74) is -0.832. The third-order valence-electron chi connectivity index (χ3n) is 3.14. The highest BCUT2D eigenvalue weighted by Gasteiger charge is 2.46. The van der Waals surface area contributed by atoms with Crippen LogP contribution < -0.4 is 5.32 Å². The predicted molar refractivity (Wildman–Crippen MR) is 66.4 cm³/mol. The molecule has 4 nitrogen and oxygen atoms in total. The van der Waals surface area contributed by atoms with Gasteiger partial charge in [0.25, 0.3) is 0 Å². The highest BCUT2D eigenvalue weighted by Crippen LogP contribution is 2.36. The summed E-state index contributed by atoms with van der Waals surface area (Å²) in [6, 6.07) is 0.100. The van der Waals surface area contributed by atoms with Gasteiger partial charge in [0.1, 0.15) is 0 Å². The Morgan fingerprint density at radius 3 is 2.12 bits per heavy atom. The molecular formula is C11H22N2O2P. The lowest BCUT2D eigenvalue weighted by molar-refractivity contribution is -0.290. The second-order valence-electron chi connectivity index (χ2n) is 5.80. The van der Waals surface area contributed by atoms with Crippen LogP contribution >= 0.6 is 9.24 Å². The van der Waals surface area contributed by atoms with Crippen LogP contribution in [0, 0.1) is 0 Å². The molecule has 0 aromatic heterocycles. The number of carbonyl (C=O) groups is 1. The van der Waals surface area contributed by atoms with Crippen LogP contribution in [-0.4, -0.2) is 34.3 Å². The molecule has 0 aromatic rings. The maximum Gasteiger partial charge on any atom is 0.224 e. The molecule has 0 spiro atoms. The first-order chi connectivity index (χ1) is 7.19. The highest BCUT2D eigenvalue weighted by molar-refractivity contribution is 7.18. The fourth-order valence-corrected chi connectivity index (χ4v) is 2.77. The molecule has 0 saturated carbocycles. The largest absolute Gasteiger partial charge is 0.353 e. The highest BCUT2D eigenvalue weighted by atomic mass is 31.0. The van der Waals surface area contributed by atoms with Crippen molar-refractivity contribution < 1.29 is 10.0 Å². The van der Waals surface area contributed by atoms with Crippen molar-refractivity contribution in [2.75, 3.05) is 6.16 Å². The Balaban J connectivity index is 2.75. The van der Waals surface area contributed by atoms with Gasteiger partial charge in [-0.2, -0.15) is 0 Å². The standard InChI is InChI=1S/C11H22N2O2P/c1-10(2)5-8(12-9(14)7-16)6-11(3,4)13(10)15/h8H,5-7,16H2,1-4H3,(H,12,14). The van der Waals surface area contributed by atoms with Gasteiger partial charge in [-0.1, -0.05) is 0 Å². The van der Waals surface area contributed by atoms with Gasteiger partial charge in [-0.25, -0.2) is 0 Å². The van der Waals surface area contributed by atoms with Crippen molar-refractivity contribution in [3.63, 3.8) is 0 Å². The first kappa shape index (κ1) is 13.9. The van der Waals surface area contributed by atoms with Crippen LogP contribution in [0.4, 0.5) is 0 Å². The molecule has 1 amide bonds. The molecule has 1 rings (SSSR count). The van der Waals surface area contributed by atoms with Crippen LogP contribution in [0.25, 0.3) is 0 Å². The molecule has 1 heterocycles. The number of carbonyl (C=O) groups excluding carboxylic acids is 1. The maximum absolute atomic E-state index is 12.1. The Bertz CT molecular complexity index is 261. The fourth-order valence-electron chi connectivity index (χ4n) is 2.65. The van der Waals surface area contributed by atoms with Gasteiger partial charge in [-0.05, 0) is 40.5 Å². The number of rotatable bonds is 2. The first-order valence-corrected chi connectivity index (χ1v) is 6.47. The van der Waals surface area contributed by atoms with Gasteiger partial charge < -0.3 is 5.32 Å². The molecule has 1 atom stereocenters. The summed E-state index contributed by atoms with van der Waals surface area (Å²) in [5, 5.41) is 16.2. The predicted octanol–water partition coefficient (Wildman–Crippen LogP) is 1.34. The van der Waals surface area contributed by atoms with Gasteiger partial charge in [0.15, 0.2) is 0 Å². The normalized spacial score (nSPS) is 25.4. The molecule has 5 heteroatoms. The van der Waals surface area contributed by atoms with E-state index in [0.29, 0.717) is 19.0 Å². The summed E-state index contributed by atoms with van der Waals surface area (Å²) in [4.78, 5) is 11.4. The molecule has 1 aliphatic heterocycles. The zero-order chi connectivity index (χ0) is 12.6. The lowest BCUT2D eigenvalue weighted by Gasteiger charge is -2.49. The summed E-state index contributed by atoms with van der Waals surface area (Å²) in [6.07, 6.45) is 1.82. The number of amides is 1. The average molecular weight is 245 g/mol. The maximum atomic E-state index is 12.1. The Morgan fingerprint density at radius 2 is 1.75 bits per heavy atom. The average Bonchev–Trinajstić information content (AvgIpc) is 2.13. The molecule has 0 bridgehead atoms. The van der Waals surface area contributed by atoms with E-state index < -0.39 is 11.1 Å². The minimum atomic E-state index is -0.416. The quantitative estimate of drug-likeness (QED) is 0.746. The van der Waals surface area contributed by atoms with Crippen molar-refractivity contribution in [3.8, 4) is 0 Å². The van der Waals surface area contributed by atoms with Gasteiger partial charge in [0.2, 0.25) is 5.91 Å². The summed E-state index contributed by atoms with van der Waals surface area (Å²) >= 11 is 0. The number of hydrogen-bond donors (Lipinski definition) is 1. The van der Waals surface area contributed by atoms with Crippen molar-refractivity contribution in [3.05, 3.63) is 0 Å². The number of nitrogens with zero attached hydrogens (tertiary/aromatic N) is 1. The third-order valence-corrected chi connectivity index (χ3v) is 3.51. The van der Waals surface area contributed by atoms with Crippen LogP contribution in [0.1, 0.15) is 40.5 Å². The van der Waals surface area contributed by atoms with Crippen LogP contribution in [0.15, 0.2) is 0 Å². The van der Waals surface area contributed by atoms with Gasteiger partial charge in [-0.3, -0.25) is 4.79 Å². The summed E-state index contributed by atoms with van der Waals surface area (Å²) < 4.78 is 0. The van der Waals surface area contributed by atoms with Crippen LogP contribution in [0.2, 0.25) is 0 Å². The summed E-state index contributed by atoms with van der Waals surface area (Å²) in [7, 11) is 2.41. The van der Waals surface area contributed by atoms with E-state index in [-0.39, 0.29) is 11.9 Å². The monoisotopic (exact) mass is 245 g/mol. The number of piperidine rings is 1. The van der Waals surface area contributed by atoms with Crippen molar-refractivity contribution in [2.24, 2.45) is 0 Å². The SMILES string of the molecule is CC1(C)CC(NC(=O)CP)CC(C)(C)N1[O]. The number of hydrogen-bond acceptors (Lipinski definition) is 2. The zero-order valence-corrected chi connectivity index (χ0v) is 11.7. The Kier molecular flexibility index (Phi) is 3.99. The molecule has 1 fully saturated rings. The van der Waals surface area contributed by atoms with Crippen LogP contribution in [0.5, 0.6) is 0 Å². The molecular weight excluding hydrogens is 223 g/mol. The van der Waals surface area contributed by atoms with Gasteiger partial charge >= 0.3 is 0 Å². The van der Waals surface area contributed by atoms with Gasteiger partial charge in [-0.15, -0.1) is 19.5 Å². The lowest BCUT2D eigenvalue weighted by atomic mass is 9.79. The number of nitrogens with one attached hydrogen (secondary N) is 1. The zero-order valence-electron chi connectivity index (χ0n) is 10.5. The molecule has 16 heavy (non-hydrogen) atoms. The number of hydroxylamine groups is 2. The van der Waals surface area contributed by atoms with Crippen molar-refractivity contribution >= 4 is 15.1 Å². The second kappa shape index (κ2) is 4.59. The topological polar surface area (TPSA) is 52.2 Å². The molecule has 93 valence electrons. The molecule has 0 aliphatic carbocycles. The van der Waals surface area contributed by atoms with Crippen LogP contribution in [0.3, 0.4) is 0 Å². The molecule has 1 aliphatic rings. The smallest absolute Gasteiger partial charge is 0.224 e. The van der Waals surface area contributed by atoms with Crippen molar-refractivity contribution in [2.45, 2.75) is 57.7 Å². The van der Waals surface area contributed by atoms with E-state index in [1.54, 1.807) is 0 Å². The fraction of sp³-hybridized carbons (Fsp3) is 0.909. The molecule has 0 aromatic carbocycles. The van der Waals surface area contributed by atoms with Crippen LogP contribution in [-0.2, 0) is 10.0 Å². The summed E-state index contributed by atoms with van der Waals surface area (Å²) in [6.45, 7) is 7.73. The minimum Gasteiger partial charge on any atom is -0.353 e. The van der Waals surface area contributed by atoms with E-state index in [1.807, 2.05) is 27.7 Å². The molecule has 1 radical (unpaired) electrons. The molecule has 1 saturated heterocycles. The van der Waals surface area contributed by atoms with Crippen molar-refractivity contribution in [1.82, 2.24) is 10.4 Å². The van der Waals surface area contributed by atoms with E-state index in [0.717, 1.165) is 0 Å². The van der Waals surface area contributed by atoms with Gasteiger partial charge in [0.05, 0.1) is 0 Å². The minimum absolute atomic E-state index is 0.0287. The Morgan fingerprint density at radius 1 is 1.31 bits per heavy atom. The van der Waals surface area contributed by atoms with E-state index in [4.69, 9.17) is 0 Å². The third kappa shape index (κ3) is 2.93. The molecule has 1 N–H and O–H groups in total.